The molecule has 7 nitrogen and oxygen atoms in total. The number of nitrogens with one attached hydrogen (secondary N) is 1. The van der Waals surface area contributed by atoms with Crippen molar-refractivity contribution >= 4 is 38.1 Å². The van der Waals surface area contributed by atoms with Gasteiger partial charge in [-0.3, -0.25) is 14.4 Å². The van der Waals surface area contributed by atoms with Gasteiger partial charge in [0.05, 0.1) is 10.6 Å². The number of carbonyl (C=O) groups excluding carboxylic acids is 1. The number of anilines is 2. The summed E-state index contributed by atoms with van der Waals surface area (Å²) in [4.78, 5) is 13.0. The fourth-order valence-electron chi connectivity index (χ4n) is 3.36. The van der Waals surface area contributed by atoms with E-state index in [1.807, 2.05) is 56.3 Å². The highest BCUT2D eigenvalue weighted by Gasteiger charge is 2.28. The van der Waals surface area contributed by atoms with E-state index in [4.69, 9.17) is 0 Å². The van der Waals surface area contributed by atoms with Crippen LogP contribution in [0.2, 0.25) is 0 Å². The summed E-state index contributed by atoms with van der Waals surface area (Å²) in [6.45, 7) is 3.35. The summed E-state index contributed by atoms with van der Waals surface area (Å²) in [5, 5.41) is 11.8. The topological polar surface area (TPSA) is 92.3 Å². The molecule has 0 aliphatic rings. The molecule has 0 bridgehead atoms. The van der Waals surface area contributed by atoms with E-state index in [2.05, 4.69) is 15.5 Å². The van der Waals surface area contributed by atoms with Crippen LogP contribution in [-0.2, 0) is 14.8 Å². The molecule has 33 heavy (non-hydrogen) atoms. The summed E-state index contributed by atoms with van der Waals surface area (Å²) in [5.74, 6) is -0.509. The number of nitrogens with zero attached hydrogens (tertiary/aromatic N) is 3. The Balaban J connectivity index is 1.62. The van der Waals surface area contributed by atoms with E-state index in [0.717, 1.165) is 21.0 Å². The van der Waals surface area contributed by atoms with Crippen LogP contribution in [0.5, 0.6) is 0 Å². The number of benzene rings is 3. The molecular weight excluding hydrogens is 456 g/mol. The van der Waals surface area contributed by atoms with Gasteiger partial charge < -0.3 is 0 Å². The molecule has 1 N–H and O–H groups in total. The second-order valence-corrected chi connectivity index (χ2v) is 10.3. The standard InChI is InChI=1S/C24H22N4O3S2/c1-17-13-14-21(18(2)15-17)28(33(30,31)20-11-7-4-8-12-20)16-22(29)25-24-27-26-23(32-24)19-9-5-3-6-10-19/h3-15H,16H2,1-2H3,(H,25,27,29). The maximum absolute atomic E-state index is 13.5. The molecule has 4 rings (SSSR count). The van der Waals surface area contributed by atoms with E-state index in [1.54, 1.807) is 24.3 Å². The molecule has 0 aliphatic carbocycles. The van der Waals surface area contributed by atoms with Gasteiger partial charge in [-0.15, -0.1) is 10.2 Å². The van der Waals surface area contributed by atoms with Crippen molar-refractivity contribution in [1.82, 2.24) is 10.2 Å². The molecule has 4 aromatic rings. The van der Waals surface area contributed by atoms with Crippen LogP contribution < -0.4 is 9.62 Å². The van der Waals surface area contributed by atoms with E-state index in [0.29, 0.717) is 15.8 Å². The van der Waals surface area contributed by atoms with Crippen molar-refractivity contribution in [2.45, 2.75) is 18.7 Å². The fourth-order valence-corrected chi connectivity index (χ4v) is 5.64. The molecule has 9 heteroatoms. The number of hydrogen-bond donors (Lipinski definition) is 1. The fraction of sp³-hybridized carbons (Fsp3) is 0.125. The summed E-state index contributed by atoms with van der Waals surface area (Å²) >= 11 is 1.22. The smallest absolute Gasteiger partial charge is 0.264 e. The summed E-state index contributed by atoms with van der Waals surface area (Å²) in [6.07, 6.45) is 0. The van der Waals surface area contributed by atoms with Crippen molar-refractivity contribution in [3.05, 3.63) is 90.0 Å². The molecule has 0 saturated heterocycles. The largest absolute Gasteiger partial charge is 0.299 e. The van der Waals surface area contributed by atoms with E-state index >= 15 is 0 Å². The van der Waals surface area contributed by atoms with Gasteiger partial charge in [0.2, 0.25) is 11.0 Å². The van der Waals surface area contributed by atoms with Gasteiger partial charge >= 0.3 is 0 Å². The van der Waals surface area contributed by atoms with Crippen molar-refractivity contribution in [2.24, 2.45) is 0 Å². The lowest BCUT2D eigenvalue weighted by Gasteiger charge is -2.25. The van der Waals surface area contributed by atoms with Crippen LogP contribution in [-0.4, -0.2) is 31.1 Å². The first-order chi connectivity index (χ1) is 15.8. The molecule has 0 spiro atoms. The Morgan fingerprint density at radius 1 is 0.939 bits per heavy atom. The Hall–Kier alpha value is -3.56. The molecule has 0 unspecified atom stereocenters. The third-order valence-corrected chi connectivity index (χ3v) is 7.59. The highest BCUT2D eigenvalue weighted by atomic mass is 32.2. The summed E-state index contributed by atoms with van der Waals surface area (Å²) < 4.78 is 28.1. The minimum Gasteiger partial charge on any atom is -0.299 e. The van der Waals surface area contributed by atoms with Gasteiger partial charge in [0.25, 0.3) is 10.0 Å². The Morgan fingerprint density at radius 3 is 2.27 bits per heavy atom. The van der Waals surface area contributed by atoms with Gasteiger partial charge in [-0.25, -0.2) is 8.42 Å². The van der Waals surface area contributed by atoms with Crippen molar-refractivity contribution in [3.8, 4) is 10.6 Å². The van der Waals surface area contributed by atoms with Crippen LogP contribution in [0.15, 0.2) is 83.8 Å². The maximum atomic E-state index is 13.5. The Labute approximate surface area is 196 Å². The first-order valence-electron chi connectivity index (χ1n) is 10.2. The van der Waals surface area contributed by atoms with Crippen molar-refractivity contribution in [3.63, 3.8) is 0 Å². The second kappa shape index (κ2) is 9.51. The predicted molar refractivity (Wildman–Crippen MR) is 131 cm³/mol. The third kappa shape index (κ3) is 5.10. The van der Waals surface area contributed by atoms with Crippen LogP contribution in [0.1, 0.15) is 11.1 Å². The van der Waals surface area contributed by atoms with Crippen molar-refractivity contribution in [1.29, 1.82) is 0 Å². The first kappa shape index (κ1) is 22.6. The average molecular weight is 479 g/mol. The van der Waals surface area contributed by atoms with Gasteiger partial charge in [-0.1, -0.05) is 77.6 Å². The zero-order valence-electron chi connectivity index (χ0n) is 18.1. The molecule has 1 amide bonds. The van der Waals surface area contributed by atoms with Crippen LogP contribution in [0.3, 0.4) is 0 Å². The summed E-state index contributed by atoms with van der Waals surface area (Å²) in [5.41, 5.74) is 3.09. The molecular formula is C24H22N4O3S2. The SMILES string of the molecule is Cc1ccc(N(CC(=O)Nc2nnc(-c3ccccc3)s2)S(=O)(=O)c2ccccc2)c(C)c1. The third-order valence-electron chi connectivity index (χ3n) is 4.93. The summed E-state index contributed by atoms with van der Waals surface area (Å²) in [6, 6.07) is 23.0. The van der Waals surface area contributed by atoms with Crippen LogP contribution in [0.25, 0.3) is 10.6 Å². The number of amides is 1. The lowest BCUT2D eigenvalue weighted by Crippen LogP contribution is -2.38. The minimum absolute atomic E-state index is 0.111. The molecule has 1 aromatic heterocycles. The molecule has 1 heterocycles. The highest BCUT2D eigenvalue weighted by Crippen LogP contribution is 2.29. The van der Waals surface area contributed by atoms with Gasteiger partial charge in [0, 0.05) is 5.56 Å². The normalized spacial score (nSPS) is 11.2. The maximum Gasteiger partial charge on any atom is 0.264 e. The number of carbonyl (C=O) groups is 1. The van der Waals surface area contributed by atoms with Gasteiger partial charge in [0.15, 0.2) is 0 Å². The first-order valence-corrected chi connectivity index (χ1v) is 12.4. The lowest BCUT2D eigenvalue weighted by atomic mass is 10.1. The van der Waals surface area contributed by atoms with Crippen molar-refractivity contribution < 1.29 is 13.2 Å². The molecule has 3 aromatic carbocycles. The van der Waals surface area contributed by atoms with E-state index in [1.165, 1.54) is 23.5 Å². The number of rotatable bonds is 7. The van der Waals surface area contributed by atoms with Gasteiger partial charge in [0.1, 0.15) is 11.6 Å². The van der Waals surface area contributed by atoms with Crippen LogP contribution >= 0.6 is 11.3 Å². The Kier molecular flexibility index (Phi) is 6.52. The zero-order valence-corrected chi connectivity index (χ0v) is 19.7. The van der Waals surface area contributed by atoms with Crippen LogP contribution in [0.4, 0.5) is 10.8 Å². The molecule has 0 fully saturated rings. The lowest BCUT2D eigenvalue weighted by molar-refractivity contribution is -0.114. The number of aryl methyl sites for hydroxylation is 2. The van der Waals surface area contributed by atoms with E-state index < -0.39 is 22.5 Å². The number of aromatic nitrogens is 2. The second-order valence-electron chi connectivity index (χ2n) is 7.44. The number of sulfonamides is 1. The average Bonchev–Trinajstić information content (AvgIpc) is 3.27. The monoisotopic (exact) mass is 478 g/mol. The van der Waals surface area contributed by atoms with Gasteiger partial charge in [-0.05, 0) is 37.6 Å². The summed E-state index contributed by atoms with van der Waals surface area (Å²) in [7, 11) is -3.97. The molecule has 0 aliphatic heterocycles. The molecule has 168 valence electrons. The van der Waals surface area contributed by atoms with E-state index in [9.17, 15) is 13.2 Å². The molecule has 0 radical (unpaired) electrons. The Morgan fingerprint density at radius 2 is 1.61 bits per heavy atom. The predicted octanol–water partition coefficient (Wildman–Crippen LogP) is 4.66. The van der Waals surface area contributed by atoms with E-state index in [-0.39, 0.29) is 4.90 Å². The highest BCUT2D eigenvalue weighted by molar-refractivity contribution is 7.92. The Bertz CT molecular complexity index is 1370. The van der Waals surface area contributed by atoms with Crippen molar-refractivity contribution in [2.75, 3.05) is 16.2 Å². The molecule has 0 atom stereocenters. The zero-order chi connectivity index (χ0) is 23.4. The van der Waals surface area contributed by atoms with Gasteiger partial charge in [-0.2, -0.15) is 0 Å². The minimum atomic E-state index is -3.97. The molecule has 0 saturated carbocycles. The quantitative estimate of drug-likeness (QED) is 0.417. The van der Waals surface area contributed by atoms with Crippen LogP contribution in [0, 0.1) is 13.8 Å². The number of hydrogen-bond acceptors (Lipinski definition) is 6.